The third-order valence-electron chi connectivity index (χ3n) is 3.22. The Kier molecular flexibility index (Phi) is 3.64. The van der Waals surface area contributed by atoms with E-state index in [4.69, 9.17) is 4.74 Å². The lowest BCUT2D eigenvalue weighted by Gasteiger charge is -2.28. The van der Waals surface area contributed by atoms with Crippen molar-refractivity contribution in [1.82, 2.24) is 5.32 Å². The number of phenols is 1. The molecule has 1 aliphatic heterocycles. The molecule has 1 saturated heterocycles. The topological polar surface area (TPSA) is 58.6 Å². The zero-order chi connectivity index (χ0) is 12.3. The van der Waals surface area contributed by atoms with Gasteiger partial charge in [-0.1, -0.05) is 12.1 Å². The highest BCUT2D eigenvalue weighted by molar-refractivity contribution is 5.72. The van der Waals surface area contributed by atoms with E-state index in [1.165, 1.54) is 7.11 Å². The lowest BCUT2D eigenvalue weighted by Crippen LogP contribution is -2.37. The molecule has 17 heavy (non-hydrogen) atoms. The van der Waals surface area contributed by atoms with E-state index in [0.717, 1.165) is 18.4 Å². The van der Waals surface area contributed by atoms with Crippen molar-refractivity contribution in [1.29, 1.82) is 0 Å². The molecule has 4 heteroatoms. The van der Waals surface area contributed by atoms with Gasteiger partial charge in [0.1, 0.15) is 5.75 Å². The molecule has 2 atom stereocenters. The minimum Gasteiger partial charge on any atom is -0.508 e. The van der Waals surface area contributed by atoms with Gasteiger partial charge in [0, 0.05) is 12.6 Å². The minimum atomic E-state index is -0.146. The Balaban J connectivity index is 1.97. The molecule has 0 saturated carbocycles. The van der Waals surface area contributed by atoms with Crippen LogP contribution < -0.4 is 5.32 Å². The number of aromatic hydroxyl groups is 1. The molecule has 0 radical (unpaired) electrons. The quantitative estimate of drug-likeness (QED) is 0.764. The SMILES string of the molecule is COC(=O)C1CCC(c2cccc(O)c2)NC1. The number of benzene rings is 1. The Labute approximate surface area is 101 Å². The fraction of sp³-hybridized carbons (Fsp3) is 0.462. The lowest BCUT2D eigenvalue weighted by atomic mass is 9.91. The normalized spacial score (nSPS) is 24.3. The number of carbonyl (C=O) groups excluding carboxylic acids is 1. The van der Waals surface area contributed by atoms with E-state index in [0.29, 0.717) is 6.54 Å². The molecule has 0 amide bonds. The second-order valence-electron chi connectivity index (χ2n) is 4.35. The van der Waals surface area contributed by atoms with Crippen molar-refractivity contribution in [3.8, 4) is 5.75 Å². The molecular weight excluding hydrogens is 218 g/mol. The lowest BCUT2D eigenvalue weighted by molar-refractivity contribution is -0.146. The van der Waals surface area contributed by atoms with Crippen LogP contribution >= 0.6 is 0 Å². The van der Waals surface area contributed by atoms with Crippen LogP contribution in [0.25, 0.3) is 0 Å². The van der Waals surface area contributed by atoms with E-state index in [-0.39, 0.29) is 23.7 Å². The number of phenolic OH excluding ortho intramolecular Hbond substituents is 1. The summed E-state index contributed by atoms with van der Waals surface area (Å²) in [6.07, 6.45) is 1.70. The van der Waals surface area contributed by atoms with Crippen molar-refractivity contribution in [2.45, 2.75) is 18.9 Å². The van der Waals surface area contributed by atoms with Gasteiger partial charge in [-0.15, -0.1) is 0 Å². The number of carbonyl (C=O) groups is 1. The largest absolute Gasteiger partial charge is 0.508 e. The first-order valence-corrected chi connectivity index (χ1v) is 5.81. The maximum absolute atomic E-state index is 11.4. The fourth-order valence-electron chi connectivity index (χ4n) is 2.25. The summed E-state index contributed by atoms with van der Waals surface area (Å²) < 4.78 is 4.73. The number of hydrogen-bond donors (Lipinski definition) is 2. The van der Waals surface area contributed by atoms with Crippen molar-refractivity contribution in [2.24, 2.45) is 5.92 Å². The van der Waals surface area contributed by atoms with Gasteiger partial charge < -0.3 is 15.2 Å². The molecule has 0 spiro atoms. The highest BCUT2D eigenvalue weighted by atomic mass is 16.5. The molecule has 1 fully saturated rings. The van der Waals surface area contributed by atoms with Gasteiger partial charge in [-0.05, 0) is 30.5 Å². The number of hydrogen-bond acceptors (Lipinski definition) is 4. The van der Waals surface area contributed by atoms with Crippen LogP contribution in [0.5, 0.6) is 5.75 Å². The average molecular weight is 235 g/mol. The van der Waals surface area contributed by atoms with Crippen LogP contribution in [0.3, 0.4) is 0 Å². The third-order valence-corrected chi connectivity index (χ3v) is 3.22. The van der Waals surface area contributed by atoms with Gasteiger partial charge in [0.05, 0.1) is 13.0 Å². The Bertz CT molecular complexity index is 397. The smallest absolute Gasteiger partial charge is 0.309 e. The maximum atomic E-state index is 11.4. The Morgan fingerprint density at radius 2 is 2.29 bits per heavy atom. The van der Waals surface area contributed by atoms with E-state index in [9.17, 15) is 9.90 Å². The molecule has 0 aliphatic carbocycles. The molecule has 2 unspecified atom stereocenters. The summed E-state index contributed by atoms with van der Waals surface area (Å²) in [6.45, 7) is 0.632. The van der Waals surface area contributed by atoms with Gasteiger partial charge >= 0.3 is 5.97 Å². The van der Waals surface area contributed by atoms with Gasteiger partial charge in [-0.2, -0.15) is 0 Å². The molecule has 1 aliphatic rings. The number of rotatable bonds is 2. The number of esters is 1. The molecule has 92 valence electrons. The van der Waals surface area contributed by atoms with Crippen molar-refractivity contribution in [3.63, 3.8) is 0 Å². The summed E-state index contributed by atoms with van der Waals surface area (Å²) in [6, 6.07) is 7.44. The Hall–Kier alpha value is -1.55. The van der Waals surface area contributed by atoms with Gasteiger partial charge in [-0.25, -0.2) is 0 Å². The Morgan fingerprint density at radius 1 is 1.47 bits per heavy atom. The van der Waals surface area contributed by atoms with Crippen molar-refractivity contribution >= 4 is 5.97 Å². The third kappa shape index (κ3) is 2.77. The molecule has 1 aromatic rings. The van der Waals surface area contributed by atoms with Crippen LogP contribution in [0.15, 0.2) is 24.3 Å². The van der Waals surface area contributed by atoms with Gasteiger partial charge in [0.15, 0.2) is 0 Å². The minimum absolute atomic E-state index is 0.0476. The van der Waals surface area contributed by atoms with Crippen LogP contribution in [0.1, 0.15) is 24.4 Å². The summed E-state index contributed by atoms with van der Waals surface area (Å²) in [4.78, 5) is 11.4. The molecule has 0 aromatic heterocycles. The first kappa shape index (κ1) is 11.9. The van der Waals surface area contributed by atoms with Crippen molar-refractivity contribution in [2.75, 3.05) is 13.7 Å². The predicted molar refractivity (Wildman–Crippen MR) is 63.6 cm³/mol. The highest BCUT2D eigenvalue weighted by Crippen LogP contribution is 2.27. The summed E-state index contributed by atoms with van der Waals surface area (Å²) in [5.41, 5.74) is 1.06. The molecule has 0 bridgehead atoms. The molecule has 4 nitrogen and oxygen atoms in total. The van der Waals surface area contributed by atoms with E-state index in [2.05, 4.69) is 5.32 Å². The molecular formula is C13H17NO3. The zero-order valence-corrected chi connectivity index (χ0v) is 9.85. The number of piperidine rings is 1. The van der Waals surface area contributed by atoms with E-state index < -0.39 is 0 Å². The zero-order valence-electron chi connectivity index (χ0n) is 9.85. The van der Waals surface area contributed by atoms with Crippen LogP contribution in [0, 0.1) is 5.92 Å². The maximum Gasteiger partial charge on any atom is 0.309 e. The Morgan fingerprint density at radius 3 is 2.88 bits per heavy atom. The fourth-order valence-corrected chi connectivity index (χ4v) is 2.25. The standard InChI is InChI=1S/C13H17NO3/c1-17-13(16)10-5-6-12(14-8-10)9-3-2-4-11(15)7-9/h2-4,7,10,12,14-15H,5-6,8H2,1H3. The predicted octanol–water partition coefficient (Wildman–Crippen LogP) is 1.61. The van der Waals surface area contributed by atoms with Crippen LogP contribution in [-0.2, 0) is 9.53 Å². The number of methoxy groups -OCH3 is 1. The first-order chi connectivity index (χ1) is 8.20. The summed E-state index contributed by atoms with van der Waals surface area (Å²) in [5, 5.41) is 12.7. The summed E-state index contributed by atoms with van der Waals surface area (Å²) in [7, 11) is 1.42. The molecule has 2 rings (SSSR count). The highest BCUT2D eigenvalue weighted by Gasteiger charge is 2.27. The van der Waals surface area contributed by atoms with Gasteiger partial charge in [0.2, 0.25) is 0 Å². The number of nitrogens with one attached hydrogen (secondary N) is 1. The molecule has 2 N–H and O–H groups in total. The van der Waals surface area contributed by atoms with Crippen molar-refractivity contribution < 1.29 is 14.6 Å². The monoisotopic (exact) mass is 235 g/mol. The van der Waals surface area contributed by atoms with Crippen LogP contribution in [0.2, 0.25) is 0 Å². The molecule has 1 heterocycles. The number of ether oxygens (including phenoxy) is 1. The van der Waals surface area contributed by atoms with E-state index in [1.807, 2.05) is 12.1 Å². The average Bonchev–Trinajstić information content (AvgIpc) is 2.38. The van der Waals surface area contributed by atoms with E-state index >= 15 is 0 Å². The second kappa shape index (κ2) is 5.19. The van der Waals surface area contributed by atoms with Crippen molar-refractivity contribution in [3.05, 3.63) is 29.8 Å². The van der Waals surface area contributed by atoms with Gasteiger partial charge in [0.25, 0.3) is 0 Å². The summed E-state index contributed by atoms with van der Waals surface area (Å²) >= 11 is 0. The van der Waals surface area contributed by atoms with Crippen LogP contribution in [-0.4, -0.2) is 24.7 Å². The first-order valence-electron chi connectivity index (χ1n) is 5.81. The molecule has 1 aromatic carbocycles. The summed E-state index contributed by atoms with van der Waals surface area (Å²) in [5.74, 6) is 0.0832. The second-order valence-corrected chi connectivity index (χ2v) is 4.35. The van der Waals surface area contributed by atoms with Crippen LogP contribution in [0.4, 0.5) is 0 Å². The van der Waals surface area contributed by atoms with Gasteiger partial charge in [-0.3, -0.25) is 4.79 Å². The van der Waals surface area contributed by atoms with E-state index in [1.54, 1.807) is 12.1 Å².